The highest BCUT2D eigenvalue weighted by atomic mass is 16.5. The fourth-order valence-corrected chi connectivity index (χ4v) is 5.80. The summed E-state index contributed by atoms with van der Waals surface area (Å²) in [6.07, 6.45) is 39.3. The summed E-state index contributed by atoms with van der Waals surface area (Å²) in [4.78, 5) is 25.2. The molecule has 0 fully saturated rings. The van der Waals surface area contributed by atoms with Gasteiger partial charge in [-0.25, -0.2) is 0 Å². The number of ether oxygens (including phenoxy) is 1. The van der Waals surface area contributed by atoms with Crippen LogP contribution in [-0.2, 0) is 14.3 Å². The van der Waals surface area contributed by atoms with Crippen LogP contribution in [-0.4, -0.2) is 17.9 Å². The van der Waals surface area contributed by atoms with Crippen molar-refractivity contribution in [1.29, 1.82) is 0 Å². The predicted molar refractivity (Wildman–Crippen MR) is 173 cm³/mol. The van der Waals surface area contributed by atoms with Gasteiger partial charge in [0.2, 0.25) is 0 Å². The van der Waals surface area contributed by atoms with Crippen molar-refractivity contribution in [1.82, 2.24) is 0 Å². The number of hydrogen-bond donors (Lipinski definition) is 0. The molecule has 1 heterocycles. The quantitative estimate of drug-likeness (QED) is 0.152. The number of esters is 1. The predicted octanol–water partition coefficient (Wildman–Crippen LogP) is 11.8. The van der Waals surface area contributed by atoms with Gasteiger partial charge in [0.05, 0.1) is 0 Å². The number of rotatable bonds is 10. The molecule has 1 aliphatic heterocycles. The summed E-state index contributed by atoms with van der Waals surface area (Å²) < 4.78 is 5.92. The van der Waals surface area contributed by atoms with Gasteiger partial charge in [0.1, 0.15) is 11.9 Å². The molecule has 0 bridgehead atoms. The molecular weight excluding hydrogens is 492 g/mol. The molecule has 0 spiro atoms. The van der Waals surface area contributed by atoms with Gasteiger partial charge in [0.15, 0.2) is 0 Å². The van der Waals surface area contributed by atoms with Crippen molar-refractivity contribution in [3.63, 3.8) is 0 Å². The second kappa shape index (κ2) is 27.8. The third kappa shape index (κ3) is 23.3. The summed E-state index contributed by atoms with van der Waals surface area (Å²) in [5, 5.41) is 0. The lowest BCUT2D eigenvalue weighted by Crippen LogP contribution is -2.17. The largest absolute Gasteiger partial charge is 0.462 e. The molecule has 1 rings (SSSR count). The van der Waals surface area contributed by atoms with Crippen LogP contribution >= 0.6 is 0 Å². The second-order valence-electron chi connectivity index (χ2n) is 12.4. The van der Waals surface area contributed by atoms with Crippen LogP contribution < -0.4 is 0 Å². The summed E-state index contributed by atoms with van der Waals surface area (Å²) in [5.41, 5.74) is 0. The van der Waals surface area contributed by atoms with E-state index in [0.717, 1.165) is 70.6 Å². The molecule has 1 aliphatic rings. The highest BCUT2D eigenvalue weighted by Crippen LogP contribution is 2.22. The molecule has 0 radical (unpaired) electrons. The van der Waals surface area contributed by atoms with E-state index in [-0.39, 0.29) is 12.1 Å². The van der Waals surface area contributed by atoms with Gasteiger partial charge in [-0.3, -0.25) is 9.59 Å². The minimum Gasteiger partial charge on any atom is -0.462 e. The van der Waals surface area contributed by atoms with E-state index in [1.54, 1.807) is 0 Å². The zero-order chi connectivity index (χ0) is 28.9. The molecule has 232 valence electrons. The highest BCUT2D eigenvalue weighted by Gasteiger charge is 2.14. The second-order valence-corrected chi connectivity index (χ2v) is 12.4. The molecule has 0 saturated heterocycles. The first-order valence-corrected chi connectivity index (χ1v) is 17.7. The van der Waals surface area contributed by atoms with Crippen molar-refractivity contribution in [3.05, 3.63) is 24.3 Å². The number of carbonyl (C=O) groups excluding carboxylic acids is 2. The lowest BCUT2D eigenvalue weighted by atomic mass is 9.90. The van der Waals surface area contributed by atoms with Crippen LogP contribution in [0.4, 0.5) is 0 Å². The van der Waals surface area contributed by atoms with E-state index in [1.807, 2.05) is 0 Å². The van der Waals surface area contributed by atoms with Crippen LogP contribution in [0.3, 0.4) is 0 Å². The number of unbranched alkanes of at least 4 members (excludes halogenated alkanes) is 6. The van der Waals surface area contributed by atoms with Gasteiger partial charge in [-0.2, -0.15) is 0 Å². The van der Waals surface area contributed by atoms with Gasteiger partial charge in [0, 0.05) is 25.7 Å². The molecule has 3 heteroatoms. The van der Waals surface area contributed by atoms with E-state index in [4.69, 9.17) is 4.74 Å². The number of hydrogen-bond acceptors (Lipinski definition) is 3. The first-order chi connectivity index (χ1) is 19.7. The fourth-order valence-electron chi connectivity index (χ4n) is 5.80. The zero-order valence-electron chi connectivity index (χ0n) is 26.8. The Hall–Kier alpha value is -1.38. The Morgan fingerprint density at radius 3 is 1.80 bits per heavy atom. The number of Topliss-reactive ketones (excluding diaryl/α,β-unsaturated/α-hetero) is 1. The van der Waals surface area contributed by atoms with E-state index in [0.29, 0.717) is 18.1 Å². The fraction of sp³-hybridized carbons (Fsp3) is 0.838. The van der Waals surface area contributed by atoms with E-state index >= 15 is 0 Å². The molecule has 0 aromatic carbocycles. The first-order valence-electron chi connectivity index (χ1n) is 17.7. The van der Waals surface area contributed by atoms with Crippen molar-refractivity contribution in [2.45, 2.75) is 193 Å². The van der Waals surface area contributed by atoms with Crippen LogP contribution in [0, 0.1) is 5.92 Å². The summed E-state index contributed by atoms with van der Waals surface area (Å²) >= 11 is 0. The molecule has 0 amide bonds. The van der Waals surface area contributed by atoms with E-state index in [1.165, 1.54) is 96.3 Å². The van der Waals surface area contributed by atoms with E-state index < -0.39 is 0 Å². The van der Waals surface area contributed by atoms with E-state index in [9.17, 15) is 9.59 Å². The number of cyclic esters (lactones) is 1. The third-order valence-corrected chi connectivity index (χ3v) is 8.44. The normalized spacial score (nSPS) is 24.2. The third-order valence-electron chi connectivity index (χ3n) is 8.44. The number of carbonyl (C=O) groups is 2. The van der Waals surface area contributed by atoms with Gasteiger partial charge in [-0.15, -0.1) is 0 Å². The Balaban J connectivity index is 2.54. The summed E-state index contributed by atoms with van der Waals surface area (Å²) in [6, 6.07) is 0. The van der Waals surface area contributed by atoms with Crippen LogP contribution in [0.2, 0.25) is 0 Å². The Bertz CT molecular complexity index is 594. The van der Waals surface area contributed by atoms with Crippen LogP contribution in [0.25, 0.3) is 0 Å². The molecule has 2 atom stereocenters. The van der Waals surface area contributed by atoms with E-state index in [2.05, 4.69) is 38.2 Å². The van der Waals surface area contributed by atoms with Gasteiger partial charge in [0.25, 0.3) is 0 Å². The molecule has 3 nitrogen and oxygen atoms in total. The maximum absolute atomic E-state index is 12.7. The molecule has 0 aromatic heterocycles. The van der Waals surface area contributed by atoms with Crippen LogP contribution in [0.15, 0.2) is 24.3 Å². The molecule has 0 aromatic rings. The number of allylic oxidation sites excluding steroid dienone is 3. The molecular formula is C37H66O3. The lowest BCUT2D eigenvalue weighted by Gasteiger charge is -2.16. The minimum atomic E-state index is 0.000921. The van der Waals surface area contributed by atoms with Crippen molar-refractivity contribution in [3.8, 4) is 0 Å². The Kier molecular flexibility index (Phi) is 25.4. The Morgan fingerprint density at radius 1 is 0.600 bits per heavy atom. The maximum atomic E-state index is 12.7. The maximum Gasteiger partial charge on any atom is 0.306 e. The van der Waals surface area contributed by atoms with Gasteiger partial charge >= 0.3 is 5.97 Å². The molecule has 2 unspecified atom stereocenters. The standard InChI is InChI=1S/C37H66O3/c1-3-5-7-21-27-34-28-22-17-13-9-12-16-20-26-32-37(39)40-36(30-24-8-6-4-2)31-25-19-15-11-10-14-18-23-29-35(38)33-34/h17,19,22,25,34,36H,3-16,18,20-21,23-24,26-33H2,1-2H3/b22-17+,25-19-. The van der Waals surface area contributed by atoms with Crippen LogP contribution in [0.1, 0.15) is 187 Å². The van der Waals surface area contributed by atoms with Gasteiger partial charge in [-0.1, -0.05) is 122 Å². The highest BCUT2D eigenvalue weighted by molar-refractivity contribution is 5.78. The molecule has 0 aliphatic carbocycles. The topological polar surface area (TPSA) is 43.4 Å². The smallest absolute Gasteiger partial charge is 0.306 e. The average molecular weight is 559 g/mol. The zero-order valence-corrected chi connectivity index (χ0v) is 26.8. The lowest BCUT2D eigenvalue weighted by molar-refractivity contribution is -0.149. The summed E-state index contributed by atoms with van der Waals surface area (Å²) in [5.74, 6) is 1.02. The molecule has 40 heavy (non-hydrogen) atoms. The van der Waals surface area contributed by atoms with Crippen LogP contribution in [0.5, 0.6) is 0 Å². The monoisotopic (exact) mass is 559 g/mol. The van der Waals surface area contributed by atoms with Crippen molar-refractivity contribution < 1.29 is 14.3 Å². The average Bonchev–Trinajstić information content (AvgIpc) is 2.94. The van der Waals surface area contributed by atoms with Gasteiger partial charge in [-0.05, 0) is 70.1 Å². The summed E-state index contributed by atoms with van der Waals surface area (Å²) in [7, 11) is 0. The SMILES string of the molecule is CCCCCCC1C/C=C/CCCCCCCC(=O)OC(CCCCCC)C/C=C\CCCCCCCC(=O)C1. The minimum absolute atomic E-state index is 0.000921. The van der Waals surface area contributed by atoms with Gasteiger partial charge < -0.3 is 4.74 Å². The first kappa shape index (κ1) is 36.6. The summed E-state index contributed by atoms with van der Waals surface area (Å²) in [6.45, 7) is 4.50. The molecule has 0 N–H and O–H groups in total. The van der Waals surface area contributed by atoms with Crippen molar-refractivity contribution in [2.75, 3.05) is 0 Å². The number of ketones is 1. The van der Waals surface area contributed by atoms with Crippen molar-refractivity contribution >= 4 is 11.8 Å². The Morgan fingerprint density at radius 2 is 1.15 bits per heavy atom. The molecule has 0 saturated carbocycles. The van der Waals surface area contributed by atoms with Crippen molar-refractivity contribution in [2.24, 2.45) is 5.92 Å². The Labute approximate surface area is 249 Å².